The second kappa shape index (κ2) is 4.26. The molecule has 2 atom stereocenters. The minimum atomic E-state index is 0.249. The molecule has 2 heterocycles. The molecule has 1 aromatic rings. The highest BCUT2D eigenvalue weighted by atomic mass is 16.2. The Morgan fingerprint density at radius 1 is 1.32 bits per heavy atom. The summed E-state index contributed by atoms with van der Waals surface area (Å²) < 4.78 is 0. The average Bonchev–Trinajstić information content (AvgIpc) is 3.08. The molecule has 3 nitrogen and oxygen atoms in total. The first kappa shape index (κ1) is 11.3. The zero-order valence-electron chi connectivity index (χ0n) is 11.2. The van der Waals surface area contributed by atoms with Crippen molar-refractivity contribution in [2.24, 2.45) is 5.92 Å². The molecule has 1 saturated heterocycles. The van der Waals surface area contributed by atoms with Crippen LogP contribution < -0.4 is 5.32 Å². The van der Waals surface area contributed by atoms with Gasteiger partial charge in [-0.15, -0.1) is 0 Å². The van der Waals surface area contributed by atoms with Crippen LogP contribution in [0.2, 0.25) is 0 Å². The van der Waals surface area contributed by atoms with Crippen LogP contribution in [-0.2, 0) is 6.42 Å². The molecule has 0 aromatic heterocycles. The summed E-state index contributed by atoms with van der Waals surface area (Å²) in [4.78, 5) is 14.9. The molecule has 4 rings (SSSR count). The number of carbonyl (C=O) groups excluding carboxylic acids is 1. The van der Waals surface area contributed by atoms with Crippen molar-refractivity contribution < 1.29 is 4.79 Å². The zero-order valence-corrected chi connectivity index (χ0v) is 11.2. The van der Waals surface area contributed by atoms with Gasteiger partial charge in [0, 0.05) is 19.1 Å². The first-order valence-electron chi connectivity index (χ1n) is 7.49. The molecule has 1 N–H and O–H groups in total. The van der Waals surface area contributed by atoms with Crippen molar-refractivity contribution in [2.75, 3.05) is 18.4 Å². The smallest absolute Gasteiger partial charge is 0.256 e. The van der Waals surface area contributed by atoms with Gasteiger partial charge < -0.3 is 10.2 Å². The van der Waals surface area contributed by atoms with Gasteiger partial charge in [0.2, 0.25) is 0 Å². The topological polar surface area (TPSA) is 32.3 Å². The van der Waals surface area contributed by atoms with Crippen molar-refractivity contribution >= 4 is 11.6 Å². The van der Waals surface area contributed by atoms with E-state index in [1.54, 1.807) is 0 Å². The predicted octanol–water partition coefficient (Wildman–Crippen LogP) is 2.67. The Hall–Kier alpha value is -1.51. The molecule has 0 spiro atoms. The molecule has 19 heavy (non-hydrogen) atoms. The van der Waals surface area contributed by atoms with E-state index in [2.05, 4.69) is 16.3 Å². The Bertz CT molecular complexity index is 525. The van der Waals surface area contributed by atoms with Crippen LogP contribution in [0.4, 0.5) is 5.69 Å². The van der Waals surface area contributed by atoms with Crippen LogP contribution >= 0.6 is 0 Å². The van der Waals surface area contributed by atoms with Crippen LogP contribution in [0.5, 0.6) is 0 Å². The molecule has 100 valence electrons. The van der Waals surface area contributed by atoms with E-state index in [-0.39, 0.29) is 5.91 Å². The molecule has 2 fully saturated rings. The van der Waals surface area contributed by atoms with Gasteiger partial charge in [-0.2, -0.15) is 0 Å². The highest BCUT2D eigenvalue weighted by molar-refractivity contribution is 6.00. The first-order valence-corrected chi connectivity index (χ1v) is 7.49. The molecule has 1 aliphatic carbocycles. The van der Waals surface area contributed by atoms with Crippen LogP contribution in [0.3, 0.4) is 0 Å². The molecule has 2 aliphatic heterocycles. The van der Waals surface area contributed by atoms with Gasteiger partial charge in [0.15, 0.2) is 0 Å². The van der Waals surface area contributed by atoms with Crippen LogP contribution in [0.1, 0.15) is 41.6 Å². The van der Waals surface area contributed by atoms with E-state index in [4.69, 9.17) is 0 Å². The Kier molecular flexibility index (Phi) is 2.54. The molecule has 2 unspecified atom stereocenters. The number of anilines is 1. The van der Waals surface area contributed by atoms with Gasteiger partial charge in [0.05, 0.1) is 11.3 Å². The number of rotatable bonds is 1. The summed E-state index contributed by atoms with van der Waals surface area (Å²) in [7, 11) is 0. The molecular formula is C16H20N2O. The van der Waals surface area contributed by atoms with Gasteiger partial charge in [0.1, 0.15) is 0 Å². The van der Waals surface area contributed by atoms with Gasteiger partial charge >= 0.3 is 0 Å². The fourth-order valence-electron chi connectivity index (χ4n) is 4.02. The standard InChI is InChI=1S/C16H20N2O/c19-16(18-10-11-6-7-13(18)9-11)14-5-1-3-12-4-2-8-17-15(12)14/h1,3,5,11,13,17H,2,4,6-10H2. The van der Waals surface area contributed by atoms with Crippen molar-refractivity contribution in [3.05, 3.63) is 29.3 Å². The van der Waals surface area contributed by atoms with E-state index in [0.29, 0.717) is 6.04 Å². The summed E-state index contributed by atoms with van der Waals surface area (Å²) in [5.41, 5.74) is 3.30. The molecule has 1 saturated carbocycles. The number of hydrogen-bond acceptors (Lipinski definition) is 2. The van der Waals surface area contributed by atoms with E-state index in [1.165, 1.54) is 31.2 Å². The summed E-state index contributed by atoms with van der Waals surface area (Å²) in [6.45, 7) is 1.97. The van der Waals surface area contributed by atoms with Crippen molar-refractivity contribution in [3.63, 3.8) is 0 Å². The summed E-state index contributed by atoms with van der Waals surface area (Å²) in [5, 5.41) is 3.43. The van der Waals surface area contributed by atoms with Gasteiger partial charge in [-0.05, 0) is 49.7 Å². The molecule has 2 bridgehead atoms. The summed E-state index contributed by atoms with van der Waals surface area (Å²) in [5.74, 6) is 1.01. The summed E-state index contributed by atoms with van der Waals surface area (Å²) >= 11 is 0. The molecule has 1 aromatic carbocycles. The van der Waals surface area contributed by atoms with Gasteiger partial charge in [0.25, 0.3) is 5.91 Å². The normalized spacial score (nSPS) is 28.1. The van der Waals surface area contributed by atoms with Crippen LogP contribution in [0.15, 0.2) is 18.2 Å². The van der Waals surface area contributed by atoms with E-state index in [0.717, 1.165) is 36.7 Å². The third-order valence-corrected chi connectivity index (χ3v) is 4.98. The lowest BCUT2D eigenvalue weighted by Gasteiger charge is -2.29. The highest BCUT2D eigenvalue weighted by Crippen LogP contribution is 2.39. The fourth-order valence-corrected chi connectivity index (χ4v) is 4.02. The molecular weight excluding hydrogens is 236 g/mol. The largest absolute Gasteiger partial charge is 0.384 e. The Labute approximate surface area is 114 Å². The molecule has 3 aliphatic rings. The second-order valence-corrected chi connectivity index (χ2v) is 6.16. The lowest BCUT2D eigenvalue weighted by atomic mass is 9.98. The third-order valence-electron chi connectivity index (χ3n) is 4.98. The van der Waals surface area contributed by atoms with Crippen molar-refractivity contribution in [1.29, 1.82) is 0 Å². The molecule has 0 radical (unpaired) electrons. The number of benzene rings is 1. The van der Waals surface area contributed by atoms with Gasteiger partial charge in [-0.3, -0.25) is 4.79 Å². The van der Waals surface area contributed by atoms with Crippen LogP contribution in [0, 0.1) is 5.92 Å². The first-order chi connectivity index (χ1) is 9.33. The number of aryl methyl sites for hydroxylation is 1. The number of nitrogens with one attached hydrogen (secondary N) is 1. The number of nitrogens with zero attached hydrogens (tertiary/aromatic N) is 1. The maximum atomic E-state index is 12.8. The van der Waals surface area contributed by atoms with E-state index in [9.17, 15) is 4.79 Å². The summed E-state index contributed by atoms with van der Waals surface area (Å²) in [6, 6.07) is 6.68. The van der Waals surface area contributed by atoms with E-state index >= 15 is 0 Å². The number of amides is 1. The average molecular weight is 256 g/mol. The zero-order chi connectivity index (χ0) is 12.8. The lowest BCUT2D eigenvalue weighted by Crippen LogP contribution is -2.38. The third kappa shape index (κ3) is 1.75. The van der Waals surface area contributed by atoms with Crippen molar-refractivity contribution in [2.45, 2.75) is 38.1 Å². The maximum Gasteiger partial charge on any atom is 0.256 e. The lowest BCUT2D eigenvalue weighted by molar-refractivity contribution is 0.0704. The van der Waals surface area contributed by atoms with Gasteiger partial charge in [-0.25, -0.2) is 0 Å². The Morgan fingerprint density at radius 3 is 3.05 bits per heavy atom. The SMILES string of the molecule is O=C(c1cccc2c1NCCC2)N1CC2CCC1C2. The van der Waals surface area contributed by atoms with Crippen molar-refractivity contribution in [1.82, 2.24) is 4.90 Å². The van der Waals surface area contributed by atoms with Crippen LogP contribution in [0.25, 0.3) is 0 Å². The van der Waals surface area contributed by atoms with Crippen LogP contribution in [-0.4, -0.2) is 29.9 Å². The number of carbonyl (C=O) groups is 1. The summed E-state index contributed by atoms with van der Waals surface area (Å²) in [6.07, 6.45) is 6.02. The molecule has 3 heteroatoms. The number of likely N-dealkylation sites (tertiary alicyclic amines) is 1. The quantitative estimate of drug-likeness (QED) is 0.838. The van der Waals surface area contributed by atoms with Crippen molar-refractivity contribution in [3.8, 4) is 0 Å². The van der Waals surface area contributed by atoms with Gasteiger partial charge in [-0.1, -0.05) is 12.1 Å². The van der Waals surface area contributed by atoms with E-state index in [1.807, 2.05) is 12.1 Å². The predicted molar refractivity (Wildman–Crippen MR) is 75.4 cm³/mol. The highest BCUT2D eigenvalue weighted by Gasteiger charge is 2.41. The van der Waals surface area contributed by atoms with E-state index < -0.39 is 0 Å². The monoisotopic (exact) mass is 256 g/mol. The number of fused-ring (bicyclic) bond motifs is 3. The molecule has 1 amide bonds. The number of piperidine rings is 1. The Morgan fingerprint density at radius 2 is 2.26 bits per heavy atom. The fraction of sp³-hybridized carbons (Fsp3) is 0.562. The second-order valence-electron chi connectivity index (χ2n) is 6.16. The number of para-hydroxylation sites is 1. The Balaban J connectivity index is 1.67. The number of hydrogen-bond donors (Lipinski definition) is 1. The minimum Gasteiger partial charge on any atom is -0.384 e. The maximum absolute atomic E-state index is 12.8. The minimum absolute atomic E-state index is 0.249.